The van der Waals surface area contributed by atoms with Crippen LogP contribution in [0.15, 0.2) is 23.5 Å². The molecule has 0 radical (unpaired) electrons. The number of hydrogen-bond acceptors (Lipinski definition) is 3. The van der Waals surface area contributed by atoms with Gasteiger partial charge in [-0.25, -0.2) is 4.39 Å². The van der Waals surface area contributed by atoms with Crippen LogP contribution >= 0.6 is 0 Å². The molecule has 5 unspecified atom stereocenters. The van der Waals surface area contributed by atoms with Gasteiger partial charge in [0.25, 0.3) is 0 Å². The van der Waals surface area contributed by atoms with Gasteiger partial charge in [0, 0.05) is 23.2 Å². The van der Waals surface area contributed by atoms with Crippen molar-refractivity contribution in [3.63, 3.8) is 0 Å². The Balaban J connectivity index is 1.72. The summed E-state index contributed by atoms with van der Waals surface area (Å²) in [6.07, 6.45) is 7.97. The van der Waals surface area contributed by atoms with Crippen LogP contribution in [0.4, 0.5) is 4.39 Å². The lowest BCUT2D eigenvalue weighted by molar-refractivity contribution is -0.215. The predicted octanol–water partition coefficient (Wildman–Crippen LogP) is 6.97. The molecule has 182 valence electrons. The van der Waals surface area contributed by atoms with E-state index in [1.54, 1.807) is 0 Å². The average molecular weight is 481 g/mol. The Morgan fingerprint density at radius 3 is 2.25 bits per heavy atom. The van der Waals surface area contributed by atoms with E-state index in [2.05, 4.69) is 72.2 Å². The normalized spacial score (nSPS) is 46.5. The van der Waals surface area contributed by atoms with E-state index in [1.165, 1.54) is 0 Å². The summed E-state index contributed by atoms with van der Waals surface area (Å²) in [4.78, 5) is 0. The number of aliphatic hydroxyl groups excluding tert-OH is 1. The summed E-state index contributed by atoms with van der Waals surface area (Å²) >= 11 is 0. The highest BCUT2D eigenvalue weighted by Gasteiger charge is 2.72. The van der Waals surface area contributed by atoms with Gasteiger partial charge in [-0.05, 0) is 95.9 Å². The molecule has 0 heterocycles. The maximum Gasteiger partial charge on any atom is 0.241 e. The van der Waals surface area contributed by atoms with Crippen LogP contribution in [0, 0.1) is 22.7 Å². The van der Waals surface area contributed by atoms with E-state index in [0.29, 0.717) is 19.3 Å². The first-order valence-corrected chi connectivity index (χ1v) is 19.4. The number of halogens is 1. The van der Waals surface area contributed by atoms with E-state index in [0.717, 1.165) is 30.6 Å². The zero-order chi connectivity index (χ0) is 24.0. The molecule has 3 nitrogen and oxygen atoms in total. The summed E-state index contributed by atoms with van der Waals surface area (Å²) in [5, 5.41) is 11.6. The number of rotatable bonds is 4. The predicted molar refractivity (Wildman–Crippen MR) is 134 cm³/mol. The smallest absolute Gasteiger partial charge is 0.241 e. The summed E-state index contributed by atoms with van der Waals surface area (Å²) in [6.45, 7) is 19.8. The van der Waals surface area contributed by atoms with E-state index < -0.39 is 33.8 Å². The fourth-order valence-electron chi connectivity index (χ4n) is 7.83. The van der Waals surface area contributed by atoms with Gasteiger partial charge in [0.15, 0.2) is 8.32 Å². The summed E-state index contributed by atoms with van der Waals surface area (Å²) in [5.74, 6) is 1.07. The zero-order valence-corrected chi connectivity index (χ0v) is 23.8. The molecule has 0 bridgehead atoms. The van der Waals surface area contributed by atoms with Crippen molar-refractivity contribution in [3.8, 4) is 0 Å². The maximum atomic E-state index is 17.4. The largest absolute Gasteiger partial charge is 0.547 e. The van der Waals surface area contributed by atoms with Crippen molar-refractivity contribution in [3.05, 3.63) is 23.5 Å². The highest BCUT2D eigenvalue weighted by atomic mass is 28.4. The molecule has 0 aromatic rings. The lowest BCUT2D eigenvalue weighted by Gasteiger charge is -2.63. The molecule has 2 fully saturated rings. The molecule has 0 amide bonds. The minimum Gasteiger partial charge on any atom is -0.547 e. The minimum absolute atomic E-state index is 0.162. The van der Waals surface area contributed by atoms with E-state index in [9.17, 15) is 5.11 Å². The molecule has 1 N–H and O–H groups in total. The van der Waals surface area contributed by atoms with Crippen LogP contribution in [0.1, 0.15) is 59.3 Å². The van der Waals surface area contributed by atoms with E-state index >= 15 is 4.39 Å². The number of hydrogen-bond donors (Lipinski definition) is 1. The van der Waals surface area contributed by atoms with E-state index in [-0.39, 0.29) is 22.9 Å². The molecule has 0 saturated heterocycles. The minimum atomic E-state index is -1.78. The molecule has 6 heteroatoms. The summed E-state index contributed by atoms with van der Waals surface area (Å²) in [7, 11) is -3.48. The van der Waals surface area contributed by atoms with Crippen LogP contribution in [-0.4, -0.2) is 39.1 Å². The van der Waals surface area contributed by atoms with Crippen LogP contribution in [-0.2, 0) is 8.85 Å². The topological polar surface area (TPSA) is 38.7 Å². The second-order valence-corrected chi connectivity index (χ2v) is 22.5. The third-order valence-corrected chi connectivity index (χ3v) is 11.3. The van der Waals surface area contributed by atoms with Gasteiger partial charge >= 0.3 is 0 Å². The first-order chi connectivity index (χ1) is 14.5. The Bertz CT molecular complexity index is 843. The van der Waals surface area contributed by atoms with Crippen LogP contribution in [0.3, 0.4) is 0 Å². The molecule has 0 aromatic carbocycles. The lowest BCUT2D eigenvalue weighted by atomic mass is 9.45. The van der Waals surface area contributed by atoms with Gasteiger partial charge in [-0.15, -0.1) is 0 Å². The number of alkyl halides is 1. The van der Waals surface area contributed by atoms with Crippen molar-refractivity contribution < 1.29 is 18.3 Å². The monoisotopic (exact) mass is 480 g/mol. The molecule has 4 rings (SSSR count). The fourth-order valence-corrected chi connectivity index (χ4v) is 10.5. The summed E-state index contributed by atoms with van der Waals surface area (Å²) < 4.78 is 30.5. The van der Waals surface area contributed by atoms with Crippen molar-refractivity contribution >= 4 is 16.6 Å². The maximum absolute atomic E-state index is 17.4. The average Bonchev–Trinajstić information content (AvgIpc) is 2.85. The summed E-state index contributed by atoms with van der Waals surface area (Å²) in [6, 6.07) is 0. The Hall–Kier alpha value is -0.436. The molecule has 0 spiro atoms. The number of aliphatic hydroxyl groups is 1. The van der Waals surface area contributed by atoms with Crippen molar-refractivity contribution in [1.29, 1.82) is 0 Å². The number of fused-ring (bicyclic) bond motifs is 5. The van der Waals surface area contributed by atoms with Gasteiger partial charge < -0.3 is 14.0 Å². The Labute approximate surface area is 197 Å². The van der Waals surface area contributed by atoms with Gasteiger partial charge in [0.1, 0.15) is 5.67 Å². The Morgan fingerprint density at radius 1 is 1.00 bits per heavy atom. The van der Waals surface area contributed by atoms with Gasteiger partial charge in [-0.2, -0.15) is 0 Å². The molecule has 4 aliphatic rings. The fraction of sp³-hybridized carbons (Fsp3) is 0.846. The first kappa shape index (κ1) is 24.7. The van der Waals surface area contributed by atoms with Crippen molar-refractivity contribution in [1.82, 2.24) is 0 Å². The van der Waals surface area contributed by atoms with Gasteiger partial charge in [-0.3, -0.25) is 0 Å². The van der Waals surface area contributed by atoms with Crippen molar-refractivity contribution in [2.45, 2.75) is 116 Å². The summed E-state index contributed by atoms with van der Waals surface area (Å²) in [5.41, 5.74) is -1.72. The van der Waals surface area contributed by atoms with Crippen molar-refractivity contribution in [2.75, 3.05) is 0 Å². The first-order valence-electron chi connectivity index (χ1n) is 12.6. The molecule has 32 heavy (non-hydrogen) atoms. The van der Waals surface area contributed by atoms with Crippen LogP contribution in [0.2, 0.25) is 39.3 Å². The van der Waals surface area contributed by atoms with Gasteiger partial charge in [0.05, 0.1) is 17.5 Å². The number of allylic oxidation sites excluding steroid dienone is 4. The van der Waals surface area contributed by atoms with Crippen LogP contribution in [0.25, 0.3) is 0 Å². The second kappa shape index (κ2) is 7.28. The lowest BCUT2D eigenvalue weighted by Crippen LogP contribution is -2.68. The van der Waals surface area contributed by atoms with Crippen molar-refractivity contribution in [2.24, 2.45) is 22.7 Å². The van der Waals surface area contributed by atoms with E-state index in [1.807, 2.05) is 0 Å². The van der Waals surface area contributed by atoms with Gasteiger partial charge in [0.2, 0.25) is 8.32 Å². The highest BCUT2D eigenvalue weighted by Crippen LogP contribution is 2.70. The van der Waals surface area contributed by atoms with Gasteiger partial charge in [-0.1, -0.05) is 19.9 Å². The molecule has 2 saturated carbocycles. The van der Waals surface area contributed by atoms with Crippen LogP contribution in [0.5, 0.6) is 0 Å². The highest BCUT2D eigenvalue weighted by molar-refractivity contribution is 6.70. The molecule has 0 aromatic heterocycles. The third kappa shape index (κ3) is 3.54. The van der Waals surface area contributed by atoms with E-state index in [4.69, 9.17) is 8.85 Å². The standard InChI is InChI=1S/C26H45FO3Si2/c1-23-14-12-19(29-31(4,5)6)16-18(23)10-11-21-20-13-15-25(3,30-32(7,8)9)24(20,2)17-22(28)26(21,23)27/h10,16,20-22,28H,11-15,17H2,1-9H3/t20?,21?,22?,23?,24?,25-,26-/m0/s1. The van der Waals surface area contributed by atoms with Crippen LogP contribution < -0.4 is 0 Å². The molecular weight excluding hydrogens is 435 g/mol. The Morgan fingerprint density at radius 2 is 1.66 bits per heavy atom. The molecular formula is C26H45FO3Si2. The Kier molecular flexibility index (Phi) is 5.62. The molecule has 4 aliphatic carbocycles. The third-order valence-electron chi connectivity index (χ3n) is 9.32. The molecule has 0 aliphatic heterocycles. The zero-order valence-electron chi connectivity index (χ0n) is 21.8. The second-order valence-electron chi connectivity index (χ2n) is 13.7. The quantitative estimate of drug-likeness (QED) is 0.442. The molecule has 7 atom stereocenters. The SMILES string of the molecule is CC12CCC(O[Si](C)(C)C)=CC1=CCC1C3CC[C@](C)(O[Si](C)(C)C)C3(C)CC(O)[C@@]12F.